The molecule has 0 heterocycles. The van der Waals surface area contributed by atoms with Crippen LogP contribution in [-0.2, 0) is 0 Å². The van der Waals surface area contributed by atoms with Crippen LogP contribution in [0.4, 0.5) is 0 Å². The van der Waals surface area contributed by atoms with Gasteiger partial charge in [0.15, 0.2) is 3.75 Å². The Morgan fingerprint density at radius 2 is 1.40 bits per heavy atom. The molecule has 0 saturated carbocycles. The lowest BCUT2D eigenvalue weighted by molar-refractivity contribution is 2.06. The first kappa shape index (κ1) is 9.41. The number of alkyl halides is 3. The van der Waals surface area contributed by atoms with E-state index in [4.69, 9.17) is 23.2 Å². The Morgan fingerprint density at radius 3 is 1.40 bits per heavy atom. The van der Waals surface area contributed by atoms with Gasteiger partial charge in [0.05, 0.1) is 0 Å². The Kier molecular flexibility index (Phi) is 9.53. The van der Waals surface area contributed by atoms with E-state index in [2.05, 4.69) is 15.9 Å². The smallest absolute Gasteiger partial charge is 0.0926 e. The fourth-order valence-corrected chi connectivity index (χ4v) is 0. The highest BCUT2D eigenvalue weighted by Crippen LogP contribution is 2.07. The van der Waals surface area contributed by atoms with Crippen molar-refractivity contribution < 1.29 is 0 Å². The lowest BCUT2D eigenvalue weighted by Crippen LogP contribution is -1.53. The Labute approximate surface area is 50.6 Å². The van der Waals surface area contributed by atoms with Gasteiger partial charge in [-0.25, -0.2) is 0 Å². The quantitative estimate of drug-likeness (QED) is 0.502. The van der Waals surface area contributed by atoms with Gasteiger partial charge in [-0.15, -0.1) is 0 Å². The van der Waals surface area contributed by atoms with Crippen LogP contribution in [0, 0.1) is 0 Å². The Morgan fingerprint density at radius 1 is 1.40 bits per heavy atom. The van der Waals surface area contributed by atoms with E-state index in [0.717, 1.165) is 0 Å². The van der Waals surface area contributed by atoms with E-state index in [-0.39, 0.29) is 7.43 Å². The Bertz CT molecular complexity index is 12.4. The van der Waals surface area contributed by atoms with Crippen molar-refractivity contribution >= 4 is 39.1 Å². The van der Waals surface area contributed by atoms with Crippen LogP contribution < -0.4 is 0 Å². The molecule has 0 aliphatic carbocycles. The third-order valence-corrected chi connectivity index (χ3v) is 0. The topological polar surface area (TPSA) is 0 Å². The molecule has 0 atom stereocenters. The second kappa shape index (κ2) is 5.06. The summed E-state index contributed by atoms with van der Waals surface area (Å²) >= 11 is 12.7. The predicted octanol–water partition coefficient (Wildman–Crippen LogP) is 2.78. The summed E-state index contributed by atoms with van der Waals surface area (Å²) in [6.45, 7) is 0. The fraction of sp³-hybridized carbons (Fsp3) is 1.00. The van der Waals surface area contributed by atoms with E-state index in [9.17, 15) is 0 Å². The van der Waals surface area contributed by atoms with Crippen molar-refractivity contribution in [3.05, 3.63) is 0 Å². The second-order valence-electron chi connectivity index (χ2n) is 0.247. The summed E-state index contributed by atoms with van der Waals surface area (Å²) in [6, 6.07) is 0. The normalized spacial score (nSPS) is 7.20. The highest BCUT2D eigenvalue weighted by Gasteiger charge is 1.78. The average molecular weight is 180 g/mol. The third-order valence-electron chi connectivity index (χ3n) is 0. The summed E-state index contributed by atoms with van der Waals surface area (Å²) in [7, 11) is 0. The van der Waals surface area contributed by atoms with E-state index in [0.29, 0.717) is 0 Å². The van der Waals surface area contributed by atoms with Crippen LogP contribution in [0.3, 0.4) is 0 Å². The van der Waals surface area contributed by atoms with E-state index in [1.54, 1.807) is 0 Å². The van der Waals surface area contributed by atoms with Crippen molar-refractivity contribution in [1.29, 1.82) is 0 Å². The maximum atomic E-state index is 4.96. The van der Waals surface area contributed by atoms with Crippen molar-refractivity contribution in [3.63, 3.8) is 0 Å². The average Bonchev–Trinajstić information content (AvgIpc) is 0.811. The molecule has 0 aromatic rings. The fourth-order valence-electron chi connectivity index (χ4n) is 0. The molecule has 0 rings (SSSR count). The molecule has 3 heteroatoms. The van der Waals surface area contributed by atoms with Crippen molar-refractivity contribution in [2.75, 3.05) is 0 Å². The highest BCUT2D eigenvalue weighted by molar-refractivity contribution is 9.10. The summed E-state index contributed by atoms with van der Waals surface area (Å²) in [5, 5.41) is 0. The van der Waals surface area contributed by atoms with Crippen molar-refractivity contribution in [3.8, 4) is 0 Å². The SMILES string of the molecule is C.ClC(Cl)Br. The lowest BCUT2D eigenvalue weighted by Gasteiger charge is -1.69. The van der Waals surface area contributed by atoms with Crippen LogP contribution in [0.5, 0.6) is 0 Å². The summed E-state index contributed by atoms with van der Waals surface area (Å²) in [4.78, 5) is 0. The van der Waals surface area contributed by atoms with Crippen LogP contribution in [0.15, 0.2) is 0 Å². The lowest BCUT2D eigenvalue weighted by atomic mass is 11.9. The zero-order valence-corrected chi connectivity index (χ0v) is 4.81. The van der Waals surface area contributed by atoms with Gasteiger partial charge in [-0.3, -0.25) is 0 Å². The van der Waals surface area contributed by atoms with Gasteiger partial charge in [0.25, 0.3) is 0 Å². The zero-order valence-electron chi connectivity index (χ0n) is 1.71. The molecule has 0 N–H and O–H groups in total. The molecule has 0 aromatic heterocycles. The van der Waals surface area contributed by atoms with Crippen molar-refractivity contribution in [2.24, 2.45) is 0 Å². The third kappa shape index (κ3) is 42.2. The van der Waals surface area contributed by atoms with Gasteiger partial charge in [-0.2, -0.15) is 0 Å². The zero-order chi connectivity index (χ0) is 3.58. The van der Waals surface area contributed by atoms with Crippen molar-refractivity contribution in [2.45, 2.75) is 11.2 Å². The number of hydrogen-bond acceptors (Lipinski definition) is 0. The Balaban J connectivity index is 0. The molecule has 0 bridgehead atoms. The van der Waals surface area contributed by atoms with Crippen LogP contribution in [0.25, 0.3) is 0 Å². The molecule has 0 saturated heterocycles. The molecule has 0 unspecified atom stereocenters. The van der Waals surface area contributed by atoms with Crippen LogP contribution in [0.2, 0.25) is 0 Å². The van der Waals surface area contributed by atoms with Crippen LogP contribution >= 0.6 is 39.1 Å². The van der Waals surface area contributed by atoms with E-state index in [1.807, 2.05) is 0 Å². The van der Waals surface area contributed by atoms with Gasteiger partial charge in [0.2, 0.25) is 0 Å². The molecule has 0 nitrogen and oxygen atoms in total. The predicted molar refractivity (Wildman–Crippen MR) is 31.2 cm³/mol. The number of rotatable bonds is 0. The van der Waals surface area contributed by atoms with E-state index in [1.165, 1.54) is 0 Å². The summed E-state index contributed by atoms with van der Waals surface area (Å²) in [5.74, 6) is 0. The van der Waals surface area contributed by atoms with Crippen molar-refractivity contribution in [1.82, 2.24) is 0 Å². The second-order valence-corrected chi connectivity index (χ2v) is 3.31. The van der Waals surface area contributed by atoms with Gasteiger partial charge in [-0.05, 0) is 0 Å². The molecule has 0 aliphatic rings. The first-order chi connectivity index (χ1) is 1.73. The molecule has 0 aromatic carbocycles. The van der Waals surface area contributed by atoms with E-state index >= 15 is 0 Å². The summed E-state index contributed by atoms with van der Waals surface area (Å²) in [5.41, 5.74) is 0. The molecule has 0 spiro atoms. The Hall–Kier alpha value is 1.06. The van der Waals surface area contributed by atoms with Gasteiger partial charge < -0.3 is 0 Å². The van der Waals surface area contributed by atoms with Crippen LogP contribution in [-0.4, -0.2) is 3.75 Å². The van der Waals surface area contributed by atoms with E-state index < -0.39 is 3.75 Å². The van der Waals surface area contributed by atoms with Crippen LogP contribution in [0.1, 0.15) is 7.43 Å². The molecule has 5 heavy (non-hydrogen) atoms. The minimum absolute atomic E-state index is 0. The molecule has 34 valence electrons. The van der Waals surface area contributed by atoms with Gasteiger partial charge in [-0.1, -0.05) is 46.6 Å². The number of hydrogen-bond donors (Lipinski definition) is 0. The molecule has 0 fully saturated rings. The largest absolute Gasteiger partial charge is 0.162 e. The summed E-state index contributed by atoms with van der Waals surface area (Å²) < 4.78 is -0.410. The number of halogens is 3. The molecule has 0 aliphatic heterocycles. The maximum absolute atomic E-state index is 4.96. The monoisotopic (exact) mass is 178 g/mol. The minimum Gasteiger partial charge on any atom is -0.0926 e. The standard InChI is InChI=1S/CHBrCl2.CH4/c2-1(3)4;/h1H;1H4. The first-order valence-corrected chi connectivity index (χ1v) is 2.44. The molecular formula is C2H5BrCl2. The first-order valence-electron chi connectivity index (χ1n) is 0.655. The van der Waals surface area contributed by atoms with Gasteiger partial charge in [0.1, 0.15) is 0 Å². The van der Waals surface area contributed by atoms with Gasteiger partial charge >= 0.3 is 0 Å². The van der Waals surface area contributed by atoms with Gasteiger partial charge in [0, 0.05) is 0 Å². The highest BCUT2D eigenvalue weighted by atomic mass is 79.9. The molecular weight excluding hydrogens is 175 g/mol. The maximum Gasteiger partial charge on any atom is 0.162 e. The summed E-state index contributed by atoms with van der Waals surface area (Å²) in [6.07, 6.45) is 0. The molecule has 0 amide bonds. The molecule has 0 radical (unpaired) electrons. The minimum atomic E-state index is -0.410.